The molecule has 0 radical (unpaired) electrons. The molecule has 0 aliphatic carbocycles. The summed E-state index contributed by atoms with van der Waals surface area (Å²) in [6.45, 7) is 4.28. The summed E-state index contributed by atoms with van der Waals surface area (Å²) in [7, 11) is 0. The maximum absolute atomic E-state index is 10.8. The van der Waals surface area contributed by atoms with Gasteiger partial charge in [0.2, 0.25) is 0 Å². The minimum absolute atomic E-state index is 0.156. The van der Waals surface area contributed by atoms with Crippen molar-refractivity contribution in [3.05, 3.63) is 0 Å². The average Bonchev–Trinajstić information content (AvgIpc) is 1.97. The monoisotopic (exact) mass is 158 g/mol. The lowest BCUT2D eigenvalue weighted by molar-refractivity contribution is -0.144. The standard InChI is InChI=1S/C8H15NO2/c1-3-6-11-8(10)5-4-7(2)9/h9H,3-6H2,1-2H3/p+1. The number of hydrogen-bond acceptors (Lipinski definition) is 2. The Hall–Kier alpha value is -0.860. The molecular weight excluding hydrogens is 142 g/mol. The van der Waals surface area contributed by atoms with E-state index in [-0.39, 0.29) is 5.97 Å². The zero-order valence-corrected chi connectivity index (χ0v) is 7.22. The van der Waals surface area contributed by atoms with Crippen LogP contribution in [-0.4, -0.2) is 18.3 Å². The van der Waals surface area contributed by atoms with Crippen molar-refractivity contribution in [2.45, 2.75) is 33.1 Å². The first-order valence-corrected chi connectivity index (χ1v) is 3.90. The number of carbonyl (C=O) groups excluding carboxylic acids is 1. The molecule has 0 atom stereocenters. The van der Waals surface area contributed by atoms with E-state index >= 15 is 0 Å². The number of carbonyl (C=O) groups is 1. The Labute approximate surface area is 67.3 Å². The highest BCUT2D eigenvalue weighted by molar-refractivity contribution is 5.80. The number of rotatable bonds is 5. The second-order valence-corrected chi connectivity index (χ2v) is 2.57. The fraction of sp³-hybridized carbons (Fsp3) is 0.750. The minimum atomic E-state index is -0.156. The van der Waals surface area contributed by atoms with Gasteiger partial charge in [-0.3, -0.25) is 10.2 Å². The summed E-state index contributed by atoms with van der Waals surface area (Å²) in [5, 5.41) is 5.38. The molecule has 0 rings (SSSR count). The summed E-state index contributed by atoms with van der Waals surface area (Å²) < 4.78 is 4.83. The molecule has 11 heavy (non-hydrogen) atoms. The van der Waals surface area contributed by atoms with E-state index in [2.05, 4.69) is 0 Å². The number of esters is 1. The summed E-state index contributed by atoms with van der Waals surface area (Å²) in [5.41, 5.74) is 0.776. The van der Waals surface area contributed by atoms with Gasteiger partial charge in [-0.1, -0.05) is 6.92 Å². The highest BCUT2D eigenvalue weighted by Gasteiger charge is 2.03. The van der Waals surface area contributed by atoms with Crippen LogP contribution in [0.25, 0.3) is 0 Å². The fourth-order valence-electron chi connectivity index (χ4n) is 0.587. The molecule has 0 heterocycles. The SMILES string of the molecule is CCCOC(=O)CCC(C)=[NH2+]. The van der Waals surface area contributed by atoms with Crippen LogP contribution in [0.2, 0.25) is 0 Å². The minimum Gasteiger partial charge on any atom is -0.466 e. The van der Waals surface area contributed by atoms with Gasteiger partial charge in [0.25, 0.3) is 0 Å². The Morgan fingerprint density at radius 3 is 2.55 bits per heavy atom. The lowest BCUT2D eigenvalue weighted by Crippen LogP contribution is -2.37. The number of ether oxygens (including phenoxy) is 1. The van der Waals surface area contributed by atoms with Gasteiger partial charge >= 0.3 is 5.97 Å². The predicted octanol–water partition coefficient (Wildman–Crippen LogP) is -0.0602. The van der Waals surface area contributed by atoms with Gasteiger partial charge in [-0.15, -0.1) is 0 Å². The molecule has 0 aliphatic heterocycles. The van der Waals surface area contributed by atoms with E-state index in [9.17, 15) is 4.79 Å². The van der Waals surface area contributed by atoms with Crippen LogP contribution in [0, 0.1) is 0 Å². The maximum Gasteiger partial charge on any atom is 0.306 e. The molecule has 0 aliphatic rings. The van der Waals surface area contributed by atoms with Gasteiger partial charge in [-0.05, 0) is 6.42 Å². The molecule has 0 aromatic heterocycles. The van der Waals surface area contributed by atoms with Crippen LogP contribution >= 0.6 is 0 Å². The quantitative estimate of drug-likeness (QED) is 0.450. The average molecular weight is 158 g/mol. The topological polar surface area (TPSA) is 51.9 Å². The van der Waals surface area contributed by atoms with E-state index in [0.717, 1.165) is 12.1 Å². The van der Waals surface area contributed by atoms with E-state index in [4.69, 9.17) is 10.1 Å². The molecular formula is C8H16NO2+. The van der Waals surface area contributed by atoms with Gasteiger partial charge in [-0.2, -0.15) is 0 Å². The Balaban J connectivity index is 3.30. The molecule has 0 fully saturated rings. The lowest BCUT2D eigenvalue weighted by Gasteiger charge is -1.99. The maximum atomic E-state index is 10.8. The third kappa shape index (κ3) is 7.03. The van der Waals surface area contributed by atoms with Crippen molar-refractivity contribution in [1.29, 1.82) is 0 Å². The summed E-state index contributed by atoms with van der Waals surface area (Å²) in [5.74, 6) is -0.156. The number of hydrogen-bond donors (Lipinski definition) is 1. The molecule has 64 valence electrons. The normalized spacial score (nSPS) is 9.27. The van der Waals surface area contributed by atoms with Crippen molar-refractivity contribution in [3.8, 4) is 0 Å². The van der Waals surface area contributed by atoms with Gasteiger partial charge < -0.3 is 4.74 Å². The van der Waals surface area contributed by atoms with E-state index < -0.39 is 0 Å². The second kappa shape index (κ2) is 5.89. The van der Waals surface area contributed by atoms with Gasteiger partial charge in [0.1, 0.15) is 5.71 Å². The molecule has 0 aromatic rings. The molecule has 2 N–H and O–H groups in total. The van der Waals surface area contributed by atoms with Crippen LogP contribution in [-0.2, 0) is 9.53 Å². The Morgan fingerprint density at radius 1 is 1.45 bits per heavy atom. The van der Waals surface area contributed by atoms with E-state index in [1.54, 1.807) is 6.92 Å². The van der Waals surface area contributed by atoms with Gasteiger partial charge in [-0.25, -0.2) is 0 Å². The van der Waals surface area contributed by atoms with Crippen LogP contribution in [0.3, 0.4) is 0 Å². The molecule has 3 nitrogen and oxygen atoms in total. The van der Waals surface area contributed by atoms with Crippen LogP contribution in [0.1, 0.15) is 33.1 Å². The Kier molecular flexibility index (Phi) is 5.43. The third-order valence-corrected chi connectivity index (χ3v) is 1.19. The summed E-state index contributed by atoms with van der Waals surface area (Å²) in [6.07, 6.45) is 1.90. The third-order valence-electron chi connectivity index (χ3n) is 1.19. The summed E-state index contributed by atoms with van der Waals surface area (Å²) >= 11 is 0. The Morgan fingerprint density at radius 2 is 2.09 bits per heavy atom. The zero-order valence-electron chi connectivity index (χ0n) is 7.22. The van der Waals surface area contributed by atoms with Crippen LogP contribution in [0.15, 0.2) is 0 Å². The first-order valence-electron chi connectivity index (χ1n) is 3.90. The smallest absolute Gasteiger partial charge is 0.306 e. The van der Waals surface area contributed by atoms with Gasteiger partial charge in [0, 0.05) is 13.3 Å². The first-order chi connectivity index (χ1) is 5.16. The van der Waals surface area contributed by atoms with Crippen molar-refractivity contribution in [2.75, 3.05) is 6.61 Å². The molecule has 0 amide bonds. The molecule has 0 saturated carbocycles. The van der Waals surface area contributed by atoms with Crippen LogP contribution < -0.4 is 5.41 Å². The van der Waals surface area contributed by atoms with E-state index in [1.807, 2.05) is 6.92 Å². The highest BCUT2D eigenvalue weighted by atomic mass is 16.5. The molecule has 0 aromatic carbocycles. The van der Waals surface area contributed by atoms with Crippen LogP contribution in [0.5, 0.6) is 0 Å². The van der Waals surface area contributed by atoms with Crippen molar-refractivity contribution in [3.63, 3.8) is 0 Å². The molecule has 0 unspecified atom stereocenters. The van der Waals surface area contributed by atoms with Crippen LogP contribution in [0.4, 0.5) is 0 Å². The second-order valence-electron chi connectivity index (χ2n) is 2.57. The van der Waals surface area contributed by atoms with Crippen molar-refractivity contribution < 1.29 is 14.9 Å². The molecule has 3 heteroatoms. The van der Waals surface area contributed by atoms with E-state index in [1.165, 1.54) is 0 Å². The zero-order chi connectivity index (χ0) is 8.69. The van der Waals surface area contributed by atoms with Crippen molar-refractivity contribution >= 4 is 11.7 Å². The number of nitrogens with two attached hydrogens (primary N) is 1. The molecule has 0 spiro atoms. The van der Waals surface area contributed by atoms with E-state index in [0.29, 0.717) is 19.4 Å². The molecule has 0 bridgehead atoms. The van der Waals surface area contributed by atoms with Gasteiger partial charge in [0.05, 0.1) is 13.0 Å². The highest BCUT2D eigenvalue weighted by Crippen LogP contribution is 1.93. The Bertz CT molecular complexity index is 143. The lowest BCUT2D eigenvalue weighted by atomic mass is 10.2. The van der Waals surface area contributed by atoms with Crippen molar-refractivity contribution in [1.82, 2.24) is 0 Å². The first kappa shape index (κ1) is 10.1. The molecule has 0 saturated heterocycles. The summed E-state index contributed by atoms with van der Waals surface area (Å²) in [6, 6.07) is 0. The summed E-state index contributed by atoms with van der Waals surface area (Å²) in [4.78, 5) is 10.8. The fourth-order valence-corrected chi connectivity index (χ4v) is 0.587. The van der Waals surface area contributed by atoms with Gasteiger partial charge in [0.15, 0.2) is 0 Å². The van der Waals surface area contributed by atoms with Crippen molar-refractivity contribution in [2.24, 2.45) is 0 Å². The predicted molar refractivity (Wildman–Crippen MR) is 43.1 cm³/mol. The largest absolute Gasteiger partial charge is 0.466 e.